The zero-order valence-corrected chi connectivity index (χ0v) is 11.6. The number of aromatic carboxylic acids is 2. The summed E-state index contributed by atoms with van der Waals surface area (Å²) in [5.74, 6) is -3.24. The molecule has 1 aromatic heterocycles. The summed E-state index contributed by atoms with van der Waals surface area (Å²) in [6, 6.07) is 1.09. The molecule has 0 atom stereocenters. The average molecular weight is 300 g/mol. The molecular weight excluding hydrogens is 280 g/mol. The van der Waals surface area contributed by atoms with Gasteiger partial charge in [0.2, 0.25) is 5.76 Å². The summed E-state index contributed by atoms with van der Waals surface area (Å²) in [6.45, 7) is 0.312. The van der Waals surface area contributed by atoms with Gasteiger partial charge in [-0.05, 0) is 18.9 Å². The molecule has 0 aromatic carbocycles. The zero-order valence-electron chi connectivity index (χ0n) is 11.6. The van der Waals surface area contributed by atoms with E-state index in [2.05, 4.69) is 4.42 Å². The van der Waals surface area contributed by atoms with E-state index in [4.69, 9.17) is 20.4 Å². The van der Waals surface area contributed by atoms with Crippen molar-refractivity contribution in [3.05, 3.63) is 23.7 Å². The van der Waals surface area contributed by atoms with E-state index in [-0.39, 0.29) is 24.2 Å². The molecule has 0 aliphatic heterocycles. The third-order valence-electron chi connectivity index (χ3n) is 3.67. The minimum atomic E-state index is -1.38. The third kappa shape index (κ3) is 4.57. The van der Waals surface area contributed by atoms with Crippen LogP contribution in [0.4, 0.5) is 0 Å². The molecule has 1 aliphatic carbocycles. The molecule has 1 aliphatic rings. The Balaban J connectivity index is 0.000000211. The first kappa shape index (κ1) is 17.2. The Morgan fingerprint density at radius 3 is 1.95 bits per heavy atom. The van der Waals surface area contributed by atoms with Gasteiger partial charge in [-0.1, -0.05) is 19.3 Å². The molecule has 2 rings (SSSR count). The number of aliphatic hydroxyl groups excluding tert-OH is 2. The van der Waals surface area contributed by atoms with E-state index in [9.17, 15) is 9.59 Å². The maximum atomic E-state index is 10.3. The summed E-state index contributed by atoms with van der Waals surface area (Å²) in [6.07, 6.45) is 6.62. The van der Waals surface area contributed by atoms with Gasteiger partial charge in [0.05, 0.1) is 19.5 Å². The highest BCUT2D eigenvalue weighted by Gasteiger charge is 2.30. The van der Waals surface area contributed by atoms with Crippen molar-refractivity contribution < 1.29 is 34.4 Å². The molecule has 0 radical (unpaired) electrons. The highest BCUT2D eigenvalue weighted by molar-refractivity contribution is 5.99. The number of furan rings is 1. The molecule has 0 saturated heterocycles. The van der Waals surface area contributed by atoms with Crippen molar-refractivity contribution in [2.75, 3.05) is 13.2 Å². The molecule has 1 saturated carbocycles. The molecule has 1 heterocycles. The molecule has 7 heteroatoms. The van der Waals surface area contributed by atoms with Gasteiger partial charge >= 0.3 is 11.9 Å². The summed E-state index contributed by atoms with van der Waals surface area (Å²) >= 11 is 0. The number of carboxylic acid groups (broad SMARTS) is 2. The van der Waals surface area contributed by atoms with Crippen LogP contribution in [0.3, 0.4) is 0 Å². The SMILES string of the molecule is O=C(O)c1ccoc1C(=O)O.OCC1(CO)CCCCC1. The summed E-state index contributed by atoms with van der Waals surface area (Å²) in [5.41, 5.74) is -0.462. The van der Waals surface area contributed by atoms with E-state index in [0.717, 1.165) is 25.2 Å². The number of rotatable bonds is 4. The van der Waals surface area contributed by atoms with Gasteiger partial charge in [0, 0.05) is 5.41 Å². The third-order valence-corrected chi connectivity index (χ3v) is 3.67. The standard InChI is InChI=1S/C8H16O2.C6H4O5/c9-6-8(7-10)4-2-1-3-5-8;7-5(8)3-1-2-11-4(3)6(9)10/h9-10H,1-7H2;1-2H,(H,7,8)(H,9,10). The van der Waals surface area contributed by atoms with Gasteiger partial charge < -0.3 is 24.8 Å². The second-order valence-corrected chi connectivity index (χ2v) is 5.15. The lowest BCUT2D eigenvalue weighted by molar-refractivity contribution is 0.0234. The van der Waals surface area contributed by atoms with Crippen LogP contribution >= 0.6 is 0 Å². The van der Waals surface area contributed by atoms with Crippen molar-refractivity contribution in [1.82, 2.24) is 0 Å². The van der Waals surface area contributed by atoms with Gasteiger partial charge in [0.25, 0.3) is 0 Å². The first-order valence-electron chi connectivity index (χ1n) is 6.71. The van der Waals surface area contributed by atoms with Gasteiger partial charge in [-0.25, -0.2) is 9.59 Å². The first-order chi connectivity index (χ1) is 9.95. The zero-order chi connectivity index (χ0) is 15.9. The van der Waals surface area contributed by atoms with Crippen LogP contribution in [-0.2, 0) is 0 Å². The fraction of sp³-hybridized carbons (Fsp3) is 0.571. The molecule has 0 bridgehead atoms. The molecule has 0 unspecified atom stereocenters. The Hall–Kier alpha value is -1.86. The van der Waals surface area contributed by atoms with Gasteiger partial charge in [0.15, 0.2) is 0 Å². The van der Waals surface area contributed by atoms with Crippen molar-refractivity contribution in [3.63, 3.8) is 0 Å². The van der Waals surface area contributed by atoms with E-state index in [1.165, 1.54) is 19.3 Å². The average Bonchev–Trinajstić information content (AvgIpc) is 2.98. The molecule has 1 fully saturated rings. The van der Waals surface area contributed by atoms with Gasteiger partial charge in [-0.2, -0.15) is 0 Å². The Morgan fingerprint density at radius 1 is 1.05 bits per heavy atom. The van der Waals surface area contributed by atoms with Crippen LogP contribution < -0.4 is 0 Å². The molecule has 1 aromatic rings. The Morgan fingerprint density at radius 2 is 1.62 bits per heavy atom. The fourth-order valence-electron chi connectivity index (χ4n) is 2.31. The number of aliphatic hydroxyl groups is 2. The lowest BCUT2D eigenvalue weighted by atomic mass is 9.75. The number of carboxylic acids is 2. The van der Waals surface area contributed by atoms with E-state index in [0.29, 0.717) is 0 Å². The van der Waals surface area contributed by atoms with Gasteiger partial charge in [0.1, 0.15) is 5.56 Å². The van der Waals surface area contributed by atoms with E-state index in [1.54, 1.807) is 0 Å². The van der Waals surface area contributed by atoms with Crippen LogP contribution in [0, 0.1) is 5.41 Å². The smallest absolute Gasteiger partial charge is 0.372 e. The van der Waals surface area contributed by atoms with Crippen LogP contribution in [0.2, 0.25) is 0 Å². The molecule has 7 nitrogen and oxygen atoms in total. The summed E-state index contributed by atoms with van der Waals surface area (Å²) in [5, 5.41) is 34.7. The van der Waals surface area contributed by atoms with Crippen LogP contribution in [0.5, 0.6) is 0 Å². The highest BCUT2D eigenvalue weighted by Crippen LogP contribution is 2.34. The minimum absolute atomic E-state index is 0.127. The van der Waals surface area contributed by atoms with Crippen LogP contribution in [0.25, 0.3) is 0 Å². The maximum Gasteiger partial charge on any atom is 0.372 e. The van der Waals surface area contributed by atoms with Crippen molar-refractivity contribution in [2.45, 2.75) is 32.1 Å². The molecule has 4 N–H and O–H groups in total. The van der Waals surface area contributed by atoms with Crippen LogP contribution in [0.15, 0.2) is 16.7 Å². The molecule has 21 heavy (non-hydrogen) atoms. The highest BCUT2D eigenvalue weighted by atomic mass is 16.4. The topological polar surface area (TPSA) is 128 Å². The second-order valence-electron chi connectivity index (χ2n) is 5.15. The molecule has 118 valence electrons. The number of hydrogen-bond donors (Lipinski definition) is 4. The quantitative estimate of drug-likeness (QED) is 0.664. The minimum Gasteiger partial charge on any atom is -0.478 e. The van der Waals surface area contributed by atoms with Crippen molar-refractivity contribution >= 4 is 11.9 Å². The van der Waals surface area contributed by atoms with E-state index in [1.807, 2.05) is 0 Å². The molecule has 0 spiro atoms. The van der Waals surface area contributed by atoms with E-state index >= 15 is 0 Å². The lowest BCUT2D eigenvalue weighted by Crippen LogP contribution is -2.31. The first-order valence-corrected chi connectivity index (χ1v) is 6.71. The Labute approximate surface area is 121 Å². The lowest BCUT2D eigenvalue weighted by Gasteiger charge is -2.33. The maximum absolute atomic E-state index is 10.3. The summed E-state index contributed by atoms with van der Waals surface area (Å²) in [4.78, 5) is 20.5. The van der Waals surface area contributed by atoms with Gasteiger partial charge in [-0.3, -0.25) is 0 Å². The fourth-order valence-corrected chi connectivity index (χ4v) is 2.31. The summed E-state index contributed by atoms with van der Waals surface area (Å²) in [7, 11) is 0. The largest absolute Gasteiger partial charge is 0.478 e. The summed E-state index contributed by atoms with van der Waals surface area (Å²) < 4.78 is 4.41. The molecule has 0 amide bonds. The van der Waals surface area contributed by atoms with Gasteiger partial charge in [-0.15, -0.1) is 0 Å². The second kappa shape index (κ2) is 7.80. The normalized spacial score (nSPS) is 16.7. The number of carbonyl (C=O) groups is 2. The molecular formula is C14H20O7. The van der Waals surface area contributed by atoms with Crippen LogP contribution in [0.1, 0.15) is 53.0 Å². The Bertz CT molecular complexity index is 437. The monoisotopic (exact) mass is 300 g/mol. The van der Waals surface area contributed by atoms with E-state index < -0.39 is 17.7 Å². The van der Waals surface area contributed by atoms with Crippen LogP contribution in [-0.4, -0.2) is 45.6 Å². The predicted molar refractivity (Wildman–Crippen MR) is 72.3 cm³/mol. The van der Waals surface area contributed by atoms with Crippen molar-refractivity contribution in [3.8, 4) is 0 Å². The van der Waals surface area contributed by atoms with Crippen molar-refractivity contribution in [2.24, 2.45) is 5.41 Å². The Kier molecular flexibility index (Phi) is 6.39. The number of hydrogen-bond acceptors (Lipinski definition) is 5. The predicted octanol–water partition coefficient (Wildman–Crippen LogP) is 1.60. The van der Waals surface area contributed by atoms with Crippen molar-refractivity contribution in [1.29, 1.82) is 0 Å².